The molecule has 1 saturated heterocycles. The summed E-state index contributed by atoms with van der Waals surface area (Å²) in [6.45, 7) is -1.01. The Morgan fingerprint density at radius 3 is 3.05 bits per heavy atom. The molecule has 1 aromatic rings. The van der Waals surface area contributed by atoms with Crippen molar-refractivity contribution in [2.75, 3.05) is 18.5 Å². The molecule has 0 aromatic carbocycles. The van der Waals surface area contributed by atoms with Crippen molar-refractivity contribution in [1.82, 2.24) is 9.88 Å². The van der Waals surface area contributed by atoms with Gasteiger partial charge in [0, 0.05) is 18.8 Å². The Hall–Kier alpha value is -2.31. The van der Waals surface area contributed by atoms with Crippen molar-refractivity contribution in [3.05, 3.63) is 28.4 Å². The van der Waals surface area contributed by atoms with Crippen LogP contribution in [0, 0.1) is 17.1 Å². The van der Waals surface area contributed by atoms with Gasteiger partial charge in [-0.2, -0.15) is 5.26 Å². The summed E-state index contributed by atoms with van der Waals surface area (Å²) in [7, 11) is 0. The Labute approximate surface area is 118 Å². The van der Waals surface area contributed by atoms with Gasteiger partial charge in [0.25, 0.3) is 11.5 Å². The second-order valence-electron chi connectivity index (χ2n) is 4.30. The summed E-state index contributed by atoms with van der Waals surface area (Å²) < 4.78 is 31.6. The fourth-order valence-corrected chi connectivity index (χ4v) is 1.85. The first-order valence-electron chi connectivity index (χ1n) is 6.10. The maximum atomic E-state index is 13.4. The highest BCUT2D eigenvalue weighted by atomic mass is 19.1. The van der Waals surface area contributed by atoms with Crippen LogP contribution in [0.4, 0.5) is 14.5 Å². The van der Waals surface area contributed by atoms with Crippen LogP contribution in [0.15, 0.2) is 17.1 Å². The zero-order valence-electron chi connectivity index (χ0n) is 10.8. The van der Waals surface area contributed by atoms with Gasteiger partial charge in [0.15, 0.2) is 18.1 Å². The molecule has 0 spiro atoms. The predicted octanol–water partition coefficient (Wildman–Crippen LogP) is -0.267. The third-order valence-corrected chi connectivity index (χ3v) is 2.83. The third-order valence-electron chi connectivity index (χ3n) is 2.83. The van der Waals surface area contributed by atoms with E-state index in [2.05, 4.69) is 10.6 Å². The second-order valence-corrected chi connectivity index (χ2v) is 4.30. The van der Waals surface area contributed by atoms with Crippen molar-refractivity contribution in [3.8, 4) is 6.07 Å². The van der Waals surface area contributed by atoms with E-state index >= 15 is 0 Å². The monoisotopic (exact) mass is 298 g/mol. The van der Waals surface area contributed by atoms with Crippen LogP contribution in [0.5, 0.6) is 0 Å². The molecule has 21 heavy (non-hydrogen) atoms. The number of aromatic nitrogens is 1. The molecule has 0 radical (unpaired) electrons. The van der Waals surface area contributed by atoms with Gasteiger partial charge in [-0.15, -0.1) is 0 Å². The average molecular weight is 298 g/mol. The van der Waals surface area contributed by atoms with Crippen LogP contribution in [-0.2, 0) is 16.1 Å². The van der Waals surface area contributed by atoms with Gasteiger partial charge in [-0.25, -0.2) is 8.78 Å². The number of nitriles is 1. The molecule has 2 heterocycles. The molecule has 7 nitrogen and oxygen atoms in total. The first-order chi connectivity index (χ1) is 10.0. The van der Waals surface area contributed by atoms with E-state index in [0.29, 0.717) is 0 Å². The van der Waals surface area contributed by atoms with Crippen molar-refractivity contribution in [2.45, 2.75) is 18.9 Å². The number of rotatable bonds is 4. The highest BCUT2D eigenvalue weighted by Gasteiger charge is 2.30. The lowest BCUT2D eigenvalue weighted by Gasteiger charge is -2.12. The van der Waals surface area contributed by atoms with Gasteiger partial charge in [-0.3, -0.25) is 14.9 Å². The number of nitrogens with one attached hydrogen (secondary N) is 2. The Bertz CT molecular complexity index is 640. The Balaban J connectivity index is 2.11. The minimum absolute atomic E-state index is 0.00885. The lowest BCUT2D eigenvalue weighted by atomic mass is 10.3. The van der Waals surface area contributed by atoms with Crippen molar-refractivity contribution in [1.29, 1.82) is 5.26 Å². The molecule has 9 heteroatoms. The van der Waals surface area contributed by atoms with Gasteiger partial charge in [0.05, 0.1) is 12.2 Å². The number of pyridine rings is 1. The average Bonchev–Trinajstić information content (AvgIpc) is 2.93. The number of aryl methyl sites for hydroxylation is 1. The summed E-state index contributed by atoms with van der Waals surface area (Å²) >= 11 is 0. The lowest BCUT2D eigenvalue weighted by molar-refractivity contribution is -0.125. The number of alkyl halides is 1. The van der Waals surface area contributed by atoms with E-state index in [1.54, 1.807) is 6.07 Å². The van der Waals surface area contributed by atoms with Crippen molar-refractivity contribution < 1.29 is 18.3 Å². The SMILES string of the molecule is N#CC1NCC(C(=O)Nc2cc(F)c(=O)n(CCF)c2)O1. The van der Waals surface area contributed by atoms with Gasteiger partial charge < -0.3 is 14.6 Å². The highest BCUT2D eigenvalue weighted by Crippen LogP contribution is 2.10. The molecule has 2 N–H and O–H groups in total. The number of carbonyl (C=O) groups is 1. The fraction of sp³-hybridized carbons (Fsp3) is 0.417. The first-order valence-corrected chi connectivity index (χ1v) is 6.10. The summed E-state index contributed by atoms with van der Waals surface area (Å²) in [6.07, 6.45) is -0.634. The van der Waals surface area contributed by atoms with E-state index in [4.69, 9.17) is 10.00 Å². The van der Waals surface area contributed by atoms with Crippen molar-refractivity contribution in [3.63, 3.8) is 0 Å². The molecule has 1 aliphatic heterocycles. The summed E-state index contributed by atoms with van der Waals surface area (Å²) in [5.41, 5.74) is -0.955. The van der Waals surface area contributed by atoms with E-state index in [9.17, 15) is 18.4 Å². The number of halogens is 2. The zero-order valence-corrected chi connectivity index (χ0v) is 10.8. The number of amides is 1. The minimum Gasteiger partial charge on any atom is -0.335 e. The van der Waals surface area contributed by atoms with Gasteiger partial charge >= 0.3 is 0 Å². The molecule has 2 unspecified atom stereocenters. The maximum Gasteiger partial charge on any atom is 0.286 e. The molecule has 0 saturated carbocycles. The molecular formula is C12H12F2N4O3. The smallest absolute Gasteiger partial charge is 0.286 e. The van der Waals surface area contributed by atoms with Crippen LogP contribution in [0.2, 0.25) is 0 Å². The Kier molecular flexibility index (Phi) is 4.62. The highest BCUT2D eigenvalue weighted by molar-refractivity contribution is 5.94. The summed E-state index contributed by atoms with van der Waals surface area (Å²) in [4.78, 5) is 23.2. The normalized spacial score (nSPS) is 21.0. The van der Waals surface area contributed by atoms with Crippen LogP contribution in [-0.4, -0.2) is 36.0 Å². The van der Waals surface area contributed by atoms with E-state index in [1.807, 2.05) is 0 Å². The van der Waals surface area contributed by atoms with Crippen LogP contribution >= 0.6 is 0 Å². The quantitative estimate of drug-likeness (QED) is 0.798. The zero-order chi connectivity index (χ0) is 15.4. The molecule has 0 bridgehead atoms. The van der Waals surface area contributed by atoms with Crippen molar-refractivity contribution in [2.24, 2.45) is 0 Å². The standard InChI is InChI=1S/C12H12F2N4O3/c13-1-2-18-6-7(3-8(14)12(18)20)17-11(19)9-5-16-10(4-15)21-9/h3,6,9-10,16H,1-2,5H2,(H,17,19). The molecular weight excluding hydrogens is 286 g/mol. The molecule has 1 fully saturated rings. The summed E-state index contributed by atoms with van der Waals surface area (Å²) in [5, 5.41) is 13.6. The Morgan fingerprint density at radius 2 is 2.43 bits per heavy atom. The largest absolute Gasteiger partial charge is 0.335 e. The van der Waals surface area contributed by atoms with Crippen LogP contribution in [0.3, 0.4) is 0 Å². The number of ether oxygens (including phenoxy) is 1. The number of nitrogens with zero attached hydrogens (tertiary/aromatic N) is 2. The van der Waals surface area contributed by atoms with Crippen LogP contribution < -0.4 is 16.2 Å². The third kappa shape index (κ3) is 3.42. The topological polar surface area (TPSA) is 96.2 Å². The number of hydrogen-bond donors (Lipinski definition) is 2. The number of carbonyl (C=O) groups excluding carboxylic acids is 1. The first kappa shape index (κ1) is 15.1. The molecule has 1 aliphatic rings. The predicted molar refractivity (Wildman–Crippen MR) is 67.5 cm³/mol. The van der Waals surface area contributed by atoms with Gasteiger partial charge in [0.2, 0.25) is 0 Å². The molecule has 2 atom stereocenters. The van der Waals surface area contributed by atoms with E-state index in [0.717, 1.165) is 16.8 Å². The minimum atomic E-state index is -1.10. The number of hydrogen-bond acceptors (Lipinski definition) is 5. The van der Waals surface area contributed by atoms with Gasteiger partial charge in [0.1, 0.15) is 12.7 Å². The molecule has 1 aromatic heterocycles. The van der Waals surface area contributed by atoms with Gasteiger partial charge in [-0.05, 0) is 0 Å². The summed E-state index contributed by atoms with van der Waals surface area (Å²) in [6, 6.07) is 2.64. The van der Waals surface area contributed by atoms with E-state index < -0.39 is 36.3 Å². The molecule has 112 valence electrons. The molecule has 2 rings (SSSR count). The van der Waals surface area contributed by atoms with E-state index in [1.165, 1.54) is 0 Å². The number of anilines is 1. The van der Waals surface area contributed by atoms with Crippen molar-refractivity contribution >= 4 is 11.6 Å². The Morgan fingerprint density at radius 1 is 1.67 bits per heavy atom. The summed E-state index contributed by atoms with van der Waals surface area (Å²) in [5.74, 6) is -1.69. The fourth-order valence-electron chi connectivity index (χ4n) is 1.85. The van der Waals surface area contributed by atoms with Gasteiger partial charge in [-0.1, -0.05) is 0 Å². The van der Waals surface area contributed by atoms with Crippen LogP contribution in [0.25, 0.3) is 0 Å². The lowest BCUT2D eigenvalue weighted by Crippen LogP contribution is -2.32. The molecule has 0 aliphatic carbocycles. The molecule has 1 amide bonds. The van der Waals surface area contributed by atoms with E-state index in [-0.39, 0.29) is 18.8 Å². The second kappa shape index (κ2) is 6.43. The maximum absolute atomic E-state index is 13.4. The van der Waals surface area contributed by atoms with Crippen LogP contribution in [0.1, 0.15) is 0 Å².